The zero-order valence-electron chi connectivity index (χ0n) is 13.8. The molecule has 0 aliphatic heterocycles. The molecule has 0 saturated carbocycles. The predicted molar refractivity (Wildman–Crippen MR) is 99.4 cm³/mol. The quantitative estimate of drug-likeness (QED) is 0.588. The molecule has 5 heteroatoms. The molecular formula is C19H19ClN2OS. The minimum absolute atomic E-state index is 0.502. The van der Waals surface area contributed by atoms with Crippen molar-refractivity contribution in [1.29, 1.82) is 0 Å². The molecule has 2 aromatic heterocycles. The van der Waals surface area contributed by atoms with E-state index in [1.165, 1.54) is 0 Å². The molecule has 0 spiro atoms. The molecule has 0 unspecified atom stereocenters. The number of thiazole rings is 1. The average Bonchev–Trinajstić information content (AvgIpc) is 2.98. The summed E-state index contributed by atoms with van der Waals surface area (Å²) < 4.78 is 5.84. The van der Waals surface area contributed by atoms with Crippen LogP contribution in [0.3, 0.4) is 0 Å². The van der Waals surface area contributed by atoms with E-state index in [-0.39, 0.29) is 0 Å². The Labute approximate surface area is 151 Å². The van der Waals surface area contributed by atoms with Gasteiger partial charge in [-0.15, -0.1) is 11.3 Å². The molecule has 0 aliphatic carbocycles. The summed E-state index contributed by atoms with van der Waals surface area (Å²) in [5, 5.41) is 1.75. The van der Waals surface area contributed by atoms with Crippen molar-refractivity contribution in [2.75, 3.05) is 0 Å². The Morgan fingerprint density at radius 3 is 2.79 bits per heavy atom. The van der Waals surface area contributed by atoms with Crippen LogP contribution in [0.15, 0.2) is 42.6 Å². The van der Waals surface area contributed by atoms with Crippen LogP contribution in [0.1, 0.15) is 28.8 Å². The third-order valence-electron chi connectivity index (χ3n) is 3.77. The number of hydrogen-bond donors (Lipinski definition) is 0. The summed E-state index contributed by atoms with van der Waals surface area (Å²) in [6.45, 7) is 5.17. The van der Waals surface area contributed by atoms with E-state index in [4.69, 9.17) is 16.3 Å². The lowest BCUT2D eigenvalue weighted by molar-refractivity contribution is 0.109. The molecule has 2 heterocycles. The molecule has 24 heavy (non-hydrogen) atoms. The first-order chi connectivity index (χ1) is 11.7. The van der Waals surface area contributed by atoms with Gasteiger partial charge in [0.25, 0.3) is 0 Å². The van der Waals surface area contributed by atoms with Crippen molar-refractivity contribution in [2.45, 2.75) is 33.5 Å². The molecule has 3 aromatic rings. The van der Waals surface area contributed by atoms with E-state index in [1.54, 1.807) is 11.3 Å². The molecule has 0 fully saturated rings. The highest BCUT2D eigenvalue weighted by molar-refractivity contribution is 7.15. The van der Waals surface area contributed by atoms with E-state index in [0.29, 0.717) is 13.2 Å². The molecule has 3 nitrogen and oxygen atoms in total. The Bertz CT molecular complexity index is 832. The summed E-state index contributed by atoms with van der Waals surface area (Å²) in [4.78, 5) is 10.2. The van der Waals surface area contributed by atoms with Gasteiger partial charge < -0.3 is 4.74 Å². The van der Waals surface area contributed by atoms with Crippen molar-refractivity contribution in [1.82, 2.24) is 9.97 Å². The summed E-state index contributed by atoms with van der Waals surface area (Å²) in [6, 6.07) is 11.9. The highest BCUT2D eigenvalue weighted by Crippen LogP contribution is 2.29. The molecule has 0 atom stereocenters. The Morgan fingerprint density at radius 1 is 1.17 bits per heavy atom. The van der Waals surface area contributed by atoms with E-state index < -0.39 is 0 Å². The van der Waals surface area contributed by atoms with Crippen molar-refractivity contribution in [3.63, 3.8) is 0 Å². The van der Waals surface area contributed by atoms with E-state index in [1.807, 2.05) is 43.5 Å². The molecule has 0 saturated heterocycles. The monoisotopic (exact) mass is 358 g/mol. The summed E-state index contributed by atoms with van der Waals surface area (Å²) in [5.41, 5.74) is 4.22. The van der Waals surface area contributed by atoms with Crippen molar-refractivity contribution in [3.8, 4) is 10.6 Å². The lowest BCUT2D eigenvalue weighted by Gasteiger charge is -2.05. The minimum atomic E-state index is 0.502. The smallest absolute Gasteiger partial charge is 0.124 e. The Morgan fingerprint density at radius 2 is 2.00 bits per heavy atom. The number of rotatable bonds is 6. The first-order valence-corrected chi connectivity index (χ1v) is 9.09. The number of aryl methyl sites for hydroxylation is 2. The SMILES string of the molecule is CCc1cc(-c2nc(C)c(COCc3ccccc3Cl)s2)ccn1. The number of nitrogens with zero attached hydrogens (tertiary/aromatic N) is 2. The van der Waals surface area contributed by atoms with Gasteiger partial charge in [-0.05, 0) is 37.1 Å². The van der Waals surface area contributed by atoms with Crippen LogP contribution < -0.4 is 0 Å². The predicted octanol–water partition coefficient (Wildman–Crippen LogP) is 5.45. The molecule has 0 bridgehead atoms. The zero-order chi connectivity index (χ0) is 16.9. The maximum Gasteiger partial charge on any atom is 0.124 e. The summed E-state index contributed by atoms with van der Waals surface area (Å²) in [6.07, 6.45) is 2.77. The van der Waals surface area contributed by atoms with Crippen LogP contribution in [-0.4, -0.2) is 9.97 Å². The fourth-order valence-electron chi connectivity index (χ4n) is 2.36. The molecule has 3 rings (SSSR count). The highest BCUT2D eigenvalue weighted by atomic mass is 35.5. The van der Waals surface area contributed by atoms with Gasteiger partial charge in [-0.1, -0.05) is 36.7 Å². The minimum Gasteiger partial charge on any atom is -0.371 e. The standard InChI is InChI=1S/C19H19ClN2OS/c1-3-16-10-14(8-9-21-16)19-22-13(2)18(24-19)12-23-11-15-6-4-5-7-17(15)20/h4-10H,3,11-12H2,1-2H3. The molecule has 0 N–H and O–H groups in total. The topological polar surface area (TPSA) is 35.0 Å². The van der Waals surface area contributed by atoms with E-state index >= 15 is 0 Å². The number of halogens is 1. The second-order valence-electron chi connectivity index (χ2n) is 5.50. The van der Waals surface area contributed by atoms with Gasteiger partial charge in [0.15, 0.2) is 0 Å². The van der Waals surface area contributed by atoms with Crippen LogP contribution in [0, 0.1) is 6.92 Å². The lowest BCUT2D eigenvalue weighted by atomic mass is 10.2. The van der Waals surface area contributed by atoms with E-state index in [0.717, 1.165) is 43.8 Å². The summed E-state index contributed by atoms with van der Waals surface area (Å²) in [7, 11) is 0. The number of pyridine rings is 1. The highest BCUT2D eigenvalue weighted by Gasteiger charge is 2.10. The van der Waals surface area contributed by atoms with Gasteiger partial charge >= 0.3 is 0 Å². The first kappa shape index (κ1) is 17.1. The van der Waals surface area contributed by atoms with Gasteiger partial charge in [0.05, 0.1) is 23.8 Å². The number of hydrogen-bond acceptors (Lipinski definition) is 4. The molecule has 1 aromatic carbocycles. The van der Waals surface area contributed by atoms with Gasteiger partial charge in [-0.3, -0.25) is 4.98 Å². The number of benzene rings is 1. The normalized spacial score (nSPS) is 11.0. The van der Waals surface area contributed by atoms with Crippen molar-refractivity contribution >= 4 is 22.9 Å². The molecular weight excluding hydrogens is 340 g/mol. The lowest BCUT2D eigenvalue weighted by Crippen LogP contribution is -1.94. The fourth-order valence-corrected chi connectivity index (χ4v) is 3.55. The zero-order valence-corrected chi connectivity index (χ0v) is 15.3. The van der Waals surface area contributed by atoms with E-state index in [9.17, 15) is 0 Å². The average molecular weight is 359 g/mol. The molecule has 124 valence electrons. The van der Waals surface area contributed by atoms with Gasteiger partial charge in [-0.25, -0.2) is 4.98 Å². The summed E-state index contributed by atoms with van der Waals surface area (Å²) in [5.74, 6) is 0. The van der Waals surface area contributed by atoms with Crippen LogP contribution in [0.2, 0.25) is 5.02 Å². The number of ether oxygens (including phenoxy) is 1. The van der Waals surface area contributed by atoms with Gasteiger partial charge in [-0.2, -0.15) is 0 Å². The molecule has 0 amide bonds. The molecule has 0 aliphatic rings. The Hall–Kier alpha value is -1.75. The largest absolute Gasteiger partial charge is 0.371 e. The second kappa shape index (κ2) is 7.88. The van der Waals surface area contributed by atoms with Gasteiger partial charge in [0.1, 0.15) is 5.01 Å². The summed E-state index contributed by atoms with van der Waals surface area (Å²) >= 11 is 7.83. The number of aromatic nitrogens is 2. The van der Waals surface area contributed by atoms with Crippen LogP contribution in [0.25, 0.3) is 10.6 Å². The van der Waals surface area contributed by atoms with Crippen molar-refractivity contribution in [3.05, 3.63) is 69.4 Å². The van der Waals surface area contributed by atoms with Crippen molar-refractivity contribution < 1.29 is 4.74 Å². The van der Waals surface area contributed by atoms with Crippen LogP contribution in [-0.2, 0) is 24.4 Å². The third kappa shape index (κ3) is 4.01. The maximum atomic E-state index is 6.15. The van der Waals surface area contributed by atoms with Crippen LogP contribution >= 0.6 is 22.9 Å². The van der Waals surface area contributed by atoms with Crippen LogP contribution in [0.5, 0.6) is 0 Å². The third-order valence-corrected chi connectivity index (χ3v) is 5.32. The maximum absolute atomic E-state index is 6.15. The molecule has 0 radical (unpaired) electrons. The first-order valence-electron chi connectivity index (χ1n) is 7.90. The van der Waals surface area contributed by atoms with E-state index in [2.05, 4.69) is 23.0 Å². The van der Waals surface area contributed by atoms with Crippen molar-refractivity contribution in [2.24, 2.45) is 0 Å². The van der Waals surface area contributed by atoms with Gasteiger partial charge in [0.2, 0.25) is 0 Å². The fraction of sp³-hybridized carbons (Fsp3) is 0.263. The second-order valence-corrected chi connectivity index (χ2v) is 6.99. The Balaban J connectivity index is 1.69. The van der Waals surface area contributed by atoms with Gasteiger partial charge in [0, 0.05) is 22.5 Å². The Kier molecular flexibility index (Phi) is 5.61. The van der Waals surface area contributed by atoms with Crippen LogP contribution in [0.4, 0.5) is 0 Å².